The maximum Gasteiger partial charge on any atom is 0.310 e. The Balaban J connectivity index is 2.52. The van der Waals surface area contributed by atoms with Crippen LogP contribution in [0.25, 0.3) is 0 Å². The first-order chi connectivity index (χ1) is 9.19. The van der Waals surface area contributed by atoms with Crippen LogP contribution in [0.4, 0.5) is 5.69 Å². The number of benzene rings is 1. The third-order valence-corrected chi connectivity index (χ3v) is 2.91. The van der Waals surface area contributed by atoms with Gasteiger partial charge in [0, 0.05) is 6.07 Å². The van der Waals surface area contributed by atoms with Crippen molar-refractivity contribution in [1.29, 1.82) is 0 Å². The molecule has 0 bridgehead atoms. The van der Waals surface area contributed by atoms with Crippen LogP contribution >= 0.6 is 0 Å². The van der Waals surface area contributed by atoms with E-state index in [1.54, 1.807) is 0 Å². The van der Waals surface area contributed by atoms with Gasteiger partial charge in [0.2, 0.25) is 0 Å². The summed E-state index contributed by atoms with van der Waals surface area (Å²) in [6, 6.07) is 4.44. The molecule has 0 atom stereocenters. The van der Waals surface area contributed by atoms with Gasteiger partial charge < -0.3 is 9.84 Å². The summed E-state index contributed by atoms with van der Waals surface area (Å²) in [5, 5.41) is 19.9. The second-order valence-electron chi connectivity index (χ2n) is 4.48. The molecule has 0 unspecified atom stereocenters. The summed E-state index contributed by atoms with van der Waals surface area (Å²) in [4.78, 5) is 10.4. The molecule has 1 aromatic carbocycles. The molecular formula is C14H21NO4. The molecule has 106 valence electrons. The van der Waals surface area contributed by atoms with Gasteiger partial charge in [0.25, 0.3) is 0 Å². The van der Waals surface area contributed by atoms with Crippen LogP contribution in [0.2, 0.25) is 0 Å². The molecule has 0 saturated heterocycles. The average molecular weight is 267 g/mol. The van der Waals surface area contributed by atoms with E-state index in [-0.39, 0.29) is 18.0 Å². The van der Waals surface area contributed by atoms with E-state index in [0.29, 0.717) is 12.2 Å². The van der Waals surface area contributed by atoms with Crippen LogP contribution in [0.1, 0.15) is 44.6 Å². The van der Waals surface area contributed by atoms with Gasteiger partial charge in [0.1, 0.15) is 0 Å². The van der Waals surface area contributed by atoms with Crippen molar-refractivity contribution in [2.75, 3.05) is 6.61 Å². The van der Waals surface area contributed by atoms with Crippen molar-refractivity contribution in [1.82, 2.24) is 0 Å². The number of nitrogens with zero attached hydrogens (tertiary/aromatic N) is 1. The lowest BCUT2D eigenvalue weighted by molar-refractivity contribution is -0.385. The minimum atomic E-state index is -0.465. The number of nitro benzene ring substituents is 1. The Morgan fingerprint density at radius 2 is 2.00 bits per heavy atom. The summed E-state index contributed by atoms with van der Waals surface area (Å²) in [7, 11) is 0. The van der Waals surface area contributed by atoms with Gasteiger partial charge in [-0.05, 0) is 24.1 Å². The topological polar surface area (TPSA) is 72.6 Å². The number of ether oxygens (including phenoxy) is 1. The molecule has 0 spiro atoms. The standard InChI is InChI=1S/C14H21NO4/c1-2-3-4-5-6-9-19-14-10-12(11-16)7-8-13(14)15(17)18/h7-8,10,16H,2-6,9,11H2,1H3. The second kappa shape index (κ2) is 8.48. The van der Waals surface area contributed by atoms with Gasteiger partial charge in [-0.3, -0.25) is 10.1 Å². The number of hydrogen-bond acceptors (Lipinski definition) is 4. The second-order valence-corrected chi connectivity index (χ2v) is 4.48. The van der Waals surface area contributed by atoms with Crippen molar-refractivity contribution >= 4 is 5.69 Å². The Kier molecular flexibility index (Phi) is 6.89. The highest BCUT2D eigenvalue weighted by molar-refractivity contribution is 5.48. The lowest BCUT2D eigenvalue weighted by Crippen LogP contribution is -2.01. The van der Waals surface area contributed by atoms with Crippen LogP contribution in [-0.4, -0.2) is 16.6 Å². The number of nitro groups is 1. The molecule has 19 heavy (non-hydrogen) atoms. The first-order valence-electron chi connectivity index (χ1n) is 6.70. The van der Waals surface area contributed by atoms with Crippen LogP contribution in [0.5, 0.6) is 5.75 Å². The molecule has 1 rings (SSSR count). The van der Waals surface area contributed by atoms with E-state index in [0.717, 1.165) is 12.8 Å². The molecule has 0 saturated carbocycles. The van der Waals surface area contributed by atoms with Crippen molar-refractivity contribution in [2.24, 2.45) is 0 Å². The summed E-state index contributed by atoms with van der Waals surface area (Å²) in [6.45, 7) is 2.48. The summed E-state index contributed by atoms with van der Waals surface area (Å²) < 4.78 is 5.47. The normalized spacial score (nSPS) is 10.4. The largest absolute Gasteiger partial charge is 0.487 e. The minimum Gasteiger partial charge on any atom is -0.487 e. The third-order valence-electron chi connectivity index (χ3n) is 2.91. The number of unbranched alkanes of at least 4 members (excludes halogenated alkanes) is 4. The molecule has 0 amide bonds. The van der Waals surface area contributed by atoms with Crippen molar-refractivity contribution in [2.45, 2.75) is 45.6 Å². The Hall–Kier alpha value is -1.62. The molecule has 0 aliphatic rings. The lowest BCUT2D eigenvalue weighted by atomic mass is 10.1. The first kappa shape index (κ1) is 15.4. The van der Waals surface area contributed by atoms with Gasteiger partial charge in [0.05, 0.1) is 18.1 Å². The molecule has 0 fully saturated rings. The molecule has 0 aliphatic heterocycles. The summed E-state index contributed by atoms with van der Waals surface area (Å²) >= 11 is 0. The van der Waals surface area contributed by atoms with Crippen LogP contribution in [0.15, 0.2) is 18.2 Å². The van der Waals surface area contributed by atoms with E-state index < -0.39 is 4.92 Å². The van der Waals surface area contributed by atoms with E-state index in [2.05, 4.69) is 6.92 Å². The number of aliphatic hydroxyl groups is 1. The van der Waals surface area contributed by atoms with Crippen molar-refractivity contribution < 1.29 is 14.8 Å². The fourth-order valence-electron chi connectivity index (χ4n) is 1.81. The molecule has 1 N–H and O–H groups in total. The third kappa shape index (κ3) is 5.26. The van der Waals surface area contributed by atoms with Gasteiger partial charge in [-0.2, -0.15) is 0 Å². The first-order valence-corrected chi connectivity index (χ1v) is 6.70. The van der Waals surface area contributed by atoms with Crippen LogP contribution in [0, 0.1) is 10.1 Å². The molecule has 5 heteroatoms. The predicted octanol–water partition coefficient (Wildman–Crippen LogP) is 3.44. The molecule has 0 aromatic heterocycles. The smallest absolute Gasteiger partial charge is 0.310 e. The zero-order chi connectivity index (χ0) is 14.1. The van der Waals surface area contributed by atoms with Gasteiger partial charge >= 0.3 is 5.69 Å². The van der Waals surface area contributed by atoms with Crippen LogP contribution in [0.3, 0.4) is 0 Å². The van der Waals surface area contributed by atoms with Gasteiger partial charge in [-0.25, -0.2) is 0 Å². The van der Waals surface area contributed by atoms with Gasteiger partial charge in [-0.15, -0.1) is 0 Å². The fourth-order valence-corrected chi connectivity index (χ4v) is 1.81. The highest BCUT2D eigenvalue weighted by atomic mass is 16.6. The Morgan fingerprint density at radius 3 is 2.63 bits per heavy atom. The molecule has 0 radical (unpaired) electrons. The summed E-state index contributed by atoms with van der Waals surface area (Å²) in [5.74, 6) is 0.243. The zero-order valence-electron chi connectivity index (χ0n) is 11.3. The number of hydrogen-bond donors (Lipinski definition) is 1. The zero-order valence-corrected chi connectivity index (χ0v) is 11.3. The van der Waals surface area contributed by atoms with Crippen molar-refractivity contribution in [3.63, 3.8) is 0 Å². The van der Waals surface area contributed by atoms with Crippen molar-refractivity contribution in [3.05, 3.63) is 33.9 Å². The van der Waals surface area contributed by atoms with Crippen molar-refractivity contribution in [3.8, 4) is 5.75 Å². The predicted molar refractivity (Wildman–Crippen MR) is 73.3 cm³/mol. The molecule has 5 nitrogen and oxygen atoms in total. The van der Waals surface area contributed by atoms with E-state index in [4.69, 9.17) is 9.84 Å². The molecule has 0 heterocycles. The lowest BCUT2D eigenvalue weighted by Gasteiger charge is -2.08. The maximum atomic E-state index is 10.9. The van der Waals surface area contributed by atoms with Crippen LogP contribution < -0.4 is 4.74 Å². The highest BCUT2D eigenvalue weighted by Crippen LogP contribution is 2.28. The van der Waals surface area contributed by atoms with Crippen LogP contribution in [-0.2, 0) is 6.61 Å². The van der Waals surface area contributed by atoms with E-state index in [1.807, 2.05) is 0 Å². The minimum absolute atomic E-state index is 0.0502. The molecular weight excluding hydrogens is 246 g/mol. The number of rotatable bonds is 9. The van der Waals surface area contributed by atoms with Gasteiger partial charge in [-0.1, -0.05) is 32.6 Å². The summed E-state index contributed by atoms with van der Waals surface area (Å²) in [6.07, 6.45) is 5.52. The highest BCUT2D eigenvalue weighted by Gasteiger charge is 2.15. The maximum absolute atomic E-state index is 10.9. The fraction of sp³-hybridized carbons (Fsp3) is 0.571. The summed E-state index contributed by atoms with van der Waals surface area (Å²) in [5.41, 5.74) is 0.567. The van der Waals surface area contributed by atoms with E-state index in [1.165, 1.54) is 37.5 Å². The SMILES string of the molecule is CCCCCCCOc1cc(CO)ccc1[N+](=O)[O-]. The number of aliphatic hydroxyl groups excluding tert-OH is 1. The Labute approximate surface area is 113 Å². The van der Waals surface area contributed by atoms with Gasteiger partial charge in [0.15, 0.2) is 5.75 Å². The van der Waals surface area contributed by atoms with E-state index in [9.17, 15) is 10.1 Å². The molecule has 1 aromatic rings. The quantitative estimate of drug-likeness (QED) is 0.422. The van der Waals surface area contributed by atoms with E-state index >= 15 is 0 Å². The molecule has 0 aliphatic carbocycles. The Morgan fingerprint density at radius 1 is 1.26 bits per heavy atom. The monoisotopic (exact) mass is 267 g/mol. The Bertz CT molecular complexity index is 406. The average Bonchev–Trinajstić information content (AvgIpc) is 2.42.